The van der Waals surface area contributed by atoms with Gasteiger partial charge < -0.3 is 10.3 Å². The van der Waals surface area contributed by atoms with Gasteiger partial charge in [-0.1, -0.05) is 43.1 Å². The molecule has 0 fully saturated rings. The lowest BCUT2D eigenvalue weighted by atomic mass is 9.89. The zero-order valence-electron chi connectivity index (χ0n) is 14.7. The Hall–Kier alpha value is -2.04. The number of aromatic amines is 1. The first-order valence-electron chi connectivity index (χ1n) is 8.58. The molecule has 1 amide bonds. The predicted octanol–water partition coefficient (Wildman–Crippen LogP) is 5.16. The molecule has 2 heterocycles. The number of nitrogens with zero attached hydrogens (tertiary/aromatic N) is 1. The second-order valence-electron chi connectivity index (χ2n) is 6.80. The van der Waals surface area contributed by atoms with Gasteiger partial charge in [-0.3, -0.25) is 4.79 Å². The number of hydrogen-bond donors (Lipinski definition) is 2. The highest BCUT2D eigenvalue weighted by molar-refractivity contribution is 6.31. The highest BCUT2D eigenvalue weighted by Gasteiger charge is 2.22. The Morgan fingerprint density at radius 3 is 2.73 bits per heavy atom. The largest absolute Gasteiger partial charge is 0.361 e. The van der Waals surface area contributed by atoms with Gasteiger partial charge in [-0.25, -0.2) is 4.98 Å². The molecule has 2 aromatic heterocycles. The van der Waals surface area contributed by atoms with Crippen LogP contribution < -0.4 is 5.32 Å². The second kappa shape index (κ2) is 8.11. The van der Waals surface area contributed by atoms with Crippen LogP contribution in [0.2, 0.25) is 10.2 Å². The van der Waals surface area contributed by atoms with Gasteiger partial charge in [0.25, 0.3) is 0 Å². The minimum atomic E-state index is -0.140. The van der Waals surface area contributed by atoms with Crippen LogP contribution in [0.15, 0.2) is 42.7 Å². The van der Waals surface area contributed by atoms with Gasteiger partial charge in [-0.05, 0) is 41.3 Å². The zero-order valence-corrected chi connectivity index (χ0v) is 16.2. The fraction of sp³-hybridized carbons (Fsp3) is 0.300. The van der Waals surface area contributed by atoms with Crippen molar-refractivity contribution in [1.29, 1.82) is 0 Å². The summed E-state index contributed by atoms with van der Waals surface area (Å²) in [4.78, 5) is 20.0. The fourth-order valence-electron chi connectivity index (χ4n) is 2.98. The SMILES string of the molecule is CC(C)CNC(=O)C[C@H](c1ccc(Cl)nc1)c1c[nH]c2ccc(Cl)cc12. The average molecular weight is 390 g/mol. The van der Waals surface area contributed by atoms with Crippen LogP contribution in [0.25, 0.3) is 10.9 Å². The molecule has 0 aliphatic rings. The van der Waals surface area contributed by atoms with Crippen molar-refractivity contribution in [2.24, 2.45) is 5.92 Å². The third-order valence-electron chi connectivity index (χ3n) is 4.30. The van der Waals surface area contributed by atoms with Crippen molar-refractivity contribution in [3.8, 4) is 0 Å². The molecule has 26 heavy (non-hydrogen) atoms. The summed E-state index contributed by atoms with van der Waals surface area (Å²) in [6, 6.07) is 9.37. The lowest BCUT2D eigenvalue weighted by molar-refractivity contribution is -0.121. The molecule has 1 atom stereocenters. The Labute approximate surface area is 162 Å². The molecule has 0 spiro atoms. The second-order valence-corrected chi connectivity index (χ2v) is 7.63. The van der Waals surface area contributed by atoms with E-state index >= 15 is 0 Å². The Kier molecular flexibility index (Phi) is 5.84. The van der Waals surface area contributed by atoms with Gasteiger partial charge in [0, 0.05) is 47.2 Å². The average Bonchev–Trinajstić information content (AvgIpc) is 3.01. The summed E-state index contributed by atoms with van der Waals surface area (Å²) >= 11 is 12.1. The smallest absolute Gasteiger partial charge is 0.220 e. The van der Waals surface area contributed by atoms with E-state index in [1.54, 1.807) is 12.3 Å². The third kappa shape index (κ3) is 4.37. The van der Waals surface area contributed by atoms with Crippen molar-refractivity contribution in [1.82, 2.24) is 15.3 Å². The van der Waals surface area contributed by atoms with Gasteiger partial charge in [0.2, 0.25) is 5.91 Å². The molecule has 0 aliphatic carbocycles. The van der Waals surface area contributed by atoms with Crippen LogP contribution in [-0.4, -0.2) is 22.4 Å². The standard InChI is InChI=1S/C20H21Cl2N3O/c1-12(2)9-25-20(26)8-15(13-3-6-19(22)24-10-13)17-11-23-18-5-4-14(21)7-16(17)18/h3-7,10-12,15,23H,8-9H2,1-2H3,(H,25,26)/t15-/m1/s1. The summed E-state index contributed by atoms with van der Waals surface area (Å²) in [5.41, 5.74) is 2.94. The van der Waals surface area contributed by atoms with E-state index in [-0.39, 0.29) is 11.8 Å². The first-order chi connectivity index (χ1) is 12.4. The zero-order chi connectivity index (χ0) is 18.7. The van der Waals surface area contributed by atoms with E-state index in [0.717, 1.165) is 22.0 Å². The number of halogens is 2. The summed E-state index contributed by atoms with van der Waals surface area (Å²) in [7, 11) is 0. The molecule has 0 saturated heterocycles. The van der Waals surface area contributed by atoms with E-state index < -0.39 is 0 Å². The van der Waals surface area contributed by atoms with Gasteiger partial charge in [0.15, 0.2) is 0 Å². The van der Waals surface area contributed by atoms with Crippen molar-refractivity contribution in [3.05, 3.63) is 64.0 Å². The molecule has 6 heteroatoms. The predicted molar refractivity (Wildman–Crippen MR) is 107 cm³/mol. The van der Waals surface area contributed by atoms with E-state index in [0.29, 0.717) is 29.1 Å². The number of hydrogen-bond acceptors (Lipinski definition) is 2. The van der Waals surface area contributed by atoms with E-state index in [2.05, 4.69) is 29.1 Å². The molecule has 0 radical (unpaired) electrons. The quantitative estimate of drug-likeness (QED) is 0.571. The van der Waals surface area contributed by atoms with Crippen molar-refractivity contribution in [2.75, 3.05) is 6.54 Å². The van der Waals surface area contributed by atoms with Gasteiger partial charge in [-0.2, -0.15) is 0 Å². The molecule has 0 aliphatic heterocycles. The maximum absolute atomic E-state index is 12.5. The number of H-pyrrole nitrogens is 1. The summed E-state index contributed by atoms with van der Waals surface area (Å²) in [6.45, 7) is 4.80. The number of benzene rings is 1. The van der Waals surface area contributed by atoms with Crippen molar-refractivity contribution in [3.63, 3.8) is 0 Å². The van der Waals surface area contributed by atoms with E-state index in [4.69, 9.17) is 23.2 Å². The van der Waals surface area contributed by atoms with E-state index in [1.165, 1.54) is 0 Å². The summed E-state index contributed by atoms with van der Waals surface area (Å²) in [6.07, 6.45) is 4.00. The Morgan fingerprint density at radius 1 is 1.23 bits per heavy atom. The molecule has 4 nitrogen and oxygen atoms in total. The molecule has 1 aromatic carbocycles. The first-order valence-corrected chi connectivity index (χ1v) is 9.34. The van der Waals surface area contributed by atoms with Crippen LogP contribution in [0.3, 0.4) is 0 Å². The van der Waals surface area contributed by atoms with Gasteiger partial charge in [-0.15, -0.1) is 0 Å². The summed E-state index contributed by atoms with van der Waals surface area (Å²) < 4.78 is 0. The molecule has 3 rings (SSSR count). The van der Waals surface area contributed by atoms with Crippen molar-refractivity contribution >= 4 is 40.0 Å². The molecular weight excluding hydrogens is 369 g/mol. The summed E-state index contributed by atoms with van der Waals surface area (Å²) in [5.74, 6) is 0.274. The Morgan fingerprint density at radius 2 is 2.04 bits per heavy atom. The summed E-state index contributed by atoms with van der Waals surface area (Å²) in [5, 5.41) is 5.09. The molecule has 0 saturated carbocycles. The van der Waals surface area contributed by atoms with Gasteiger partial charge in [0.05, 0.1) is 0 Å². The topological polar surface area (TPSA) is 57.8 Å². The number of fused-ring (bicyclic) bond motifs is 1. The Bertz CT molecular complexity index is 903. The minimum Gasteiger partial charge on any atom is -0.361 e. The van der Waals surface area contributed by atoms with Crippen LogP contribution in [0, 0.1) is 5.92 Å². The number of carbonyl (C=O) groups is 1. The van der Waals surface area contributed by atoms with Gasteiger partial charge in [0.1, 0.15) is 5.15 Å². The molecule has 0 unspecified atom stereocenters. The van der Waals surface area contributed by atoms with Crippen molar-refractivity contribution in [2.45, 2.75) is 26.2 Å². The number of pyridine rings is 1. The molecule has 136 valence electrons. The fourth-order valence-corrected chi connectivity index (χ4v) is 3.26. The minimum absolute atomic E-state index is 0.00929. The van der Waals surface area contributed by atoms with E-state index in [1.807, 2.05) is 30.5 Å². The number of rotatable bonds is 6. The number of nitrogens with one attached hydrogen (secondary N) is 2. The van der Waals surface area contributed by atoms with Crippen molar-refractivity contribution < 1.29 is 4.79 Å². The third-order valence-corrected chi connectivity index (χ3v) is 4.76. The Balaban J connectivity index is 1.97. The van der Waals surface area contributed by atoms with Gasteiger partial charge >= 0.3 is 0 Å². The monoisotopic (exact) mass is 389 g/mol. The van der Waals surface area contributed by atoms with E-state index in [9.17, 15) is 4.79 Å². The highest BCUT2D eigenvalue weighted by Crippen LogP contribution is 2.34. The first kappa shape index (κ1) is 18.7. The highest BCUT2D eigenvalue weighted by atomic mass is 35.5. The lowest BCUT2D eigenvalue weighted by Crippen LogP contribution is -2.28. The number of carbonyl (C=O) groups excluding carboxylic acids is 1. The molecular formula is C20H21Cl2N3O. The molecule has 3 aromatic rings. The molecule has 2 N–H and O–H groups in total. The maximum Gasteiger partial charge on any atom is 0.220 e. The maximum atomic E-state index is 12.5. The lowest BCUT2D eigenvalue weighted by Gasteiger charge is -2.17. The normalized spacial score (nSPS) is 12.5. The number of amides is 1. The molecule has 0 bridgehead atoms. The van der Waals surface area contributed by atoms with Crippen LogP contribution in [0.4, 0.5) is 0 Å². The van der Waals surface area contributed by atoms with Crippen LogP contribution in [0.1, 0.15) is 37.3 Å². The van der Waals surface area contributed by atoms with Crippen LogP contribution in [-0.2, 0) is 4.79 Å². The number of aromatic nitrogens is 2. The van der Waals surface area contributed by atoms with Crippen LogP contribution >= 0.6 is 23.2 Å². The van der Waals surface area contributed by atoms with Crippen LogP contribution in [0.5, 0.6) is 0 Å².